The lowest BCUT2D eigenvalue weighted by molar-refractivity contribution is 0.0971. The van der Waals surface area contributed by atoms with Crippen LogP contribution in [0.3, 0.4) is 0 Å². The van der Waals surface area contributed by atoms with Crippen LogP contribution in [0, 0.1) is 0 Å². The van der Waals surface area contributed by atoms with Crippen LogP contribution in [-0.4, -0.2) is 41.6 Å². The summed E-state index contributed by atoms with van der Waals surface area (Å²) in [4.78, 5) is 12.4. The molecule has 3 rings (SSSR count). The number of ether oxygens (including phenoxy) is 2. The fourth-order valence-corrected chi connectivity index (χ4v) is 2.84. The topological polar surface area (TPSA) is 72.7 Å². The normalized spacial score (nSPS) is 13.2. The smallest absolute Gasteiger partial charge is 0.260 e. The fourth-order valence-electron chi connectivity index (χ4n) is 2.84. The predicted octanol–water partition coefficient (Wildman–Crippen LogP) is 2.34. The second-order valence-corrected chi connectivity index (χ2v) is 6.83. The molecule has 0 amide bonds. The second-order valence-electron chi connectivity index (χ2n) is 6.83. The van der Waals surface area contributed by atoms with E-state index in [0.717, 1.165) is 11.1 Å². The minimum absolute atomic E-state index is 0.0693. The van der Waals surface area contributed by atoms with E-state index in [0.29, 0.717) is 24.4 Å². The lowest BCUT2D eigenvalue weighted by Gasteiger charge is -2.19. The summed E-state index contributed by atoms with van der Waals surface area (Å²) in [6, 6.07) is 18.9. The van der Waals surface area contributed by atoms with Crippen molar-refractivity contribution in [2.75, 3.05) is 19.8 Å². The van der Waals surface area contributed by atoms with Crippen molar-refractivity contribution in [2.24, 2.45) is 7.05 Å². The number of nitrogens with zero attached hydrogens (tertiary/aromatic N) is 1. The third-order valence-corrected chi connectivity index (χ3v) is 4.47. The Kier molecular flexibility index (Phi) is 6.68. The molecule has 2 atom stereocenters. The van der Waals surface area contributed by atoms with Crippen LogP contribution in [0.25, 0.3) is 10.8 Å². The van der Waals surface area contributed by atoms with Crippen LogP contribution < -0.4 is 20.3 Å². The molecular formula is C22H26N2O4. The first-order valence-electron chi connectivity index (χ1n) is 9.35. The maximum Gasteiger partial charge on any atom is 0.260 e. The van der Waals surface area contributed by atoms with E-state index in [4.69, 9.17) is 9.47 Å². The molecule has 2 aromatic carbocycles. The molecule has 1 aromatic heterocycles. The van der Waals surface area contributed by atoms with Crippen LogP contribution >= 0.6 is 0 Å². The molecule has 2 N–H and O–H groups in total. The van der Waals surface area contributed by atoms with E-state index in [9.17, 15) is 9.90 Å². The summed E-state index contributed by atoms with van der Waals surface area (Å²) in [6.07, 6.45) is -0.708. The predicted molar refractivity (Wildman–Crippen MR) is 110 cm³/mol. The molecule has 0 saturated heterocycles. The molecule has 0 fully saturated rings. The molecule has 0 aliphatic carbocycles. The first-order chi connectivity index (χ1) is 13.5. The Hall–Kier alpha value is -2.83. The minimum atomic E-state index is -0.708. The number of hydrogen-bond acceptors (Lipinski definition) is 5. The molecule has 2 unspecified atom stereocenters. The maximum atomic E-state index is 12.4. The van der Waals surface area contributed by atoms with Gasteiger partial charge < -0.3 is 19.9 Å². The number of benzene rings is 2. The third kappa shape index (κ3) is 5.12. The Morgan fingerprint density at radius 2 is 1.75 bits per heavy atom. The van der Waals surface area contributed by atoms with E-state index in [1.165, 1.54) is 4.57 Å². The molecule has 28 heavy (non-hydrogen) atoms. The van der Waals surface area contributed by atoms with Crippen molar-refractivity contribution >= 4 is 10.8 Å². The van der Waals surface area contributed by atoms with Gasteiger partial charge in [0.1, 0.15) is 25.1 Å². The van der Waals surface area contributed by atoms with E-state index in [-0.39, 0.29) is 18.2 Å². The van der Waals surface area contributed by atoms with Crippen LogP contribution in [0.15, 0.2) is 65.5 Å². The zero-order valence-corrected chi connectivity index (χ0v) is 16.2. The van der Waals surface area contributed by atoms with Gasteiger partial charge in [0, 0.05) is 31.1 Å². The quantitative estimate of drug-likeness (QED) is 0.594. The molecule has 0 spiro atoms. The summed E-state index contributed by atoms with van der Waals surface area (Å²) in [5.41, 5.74) is -0.118. The van der Waals surface area contributed by atoms with E-state index >= 15 is 0 Å². The highest BCUT2D eigenvalue weighted by Gasteiger charge is 2.11. The summed E-state index contributed by atoms with van der Waals surface area (Å²) >= 11 is 0. The van der Waals surface area contributed by atoms with Gasteiger partial charge in [0.25, 0.3) is 5.56 Å². The summed E-state index contributed by atoms with van der Waals surface area (Å²) in [7, 11) is 1.66. The maximum absolute atomic E-state index is 12.4. The van der Waals surface area contributed by atoms with Gasteiger partial charge in [0.05, 0.1) is 0 Å². The molecular weight excluding hydrogens is 356 g/mol. The number of para-hydroxylation sites is 1. The van der Waals surface area contributed by atoms with Crippen molar-refractivity contribution < 1.29 is 14.6 Å². The molecule has 3 aromatic rings. The van der Waals surface area contributed by atoms with Crippen LogP contribution in [0.5, 0.6) is 11.6 Å². The highest BCUT2D eigenvalue weighted by atomic mass is 16.5. The molecule has 0 saturated carbocycles. The Morgan fingerprint density at radius 3 is 2.54 bits per heavy atom. The molecule has 0 bridgehead atoms. The average molecular weight is 382 g/mol. The van der Waals surface area contributed by atoms with Crippen LogP contribution in [0.4, 0.5) is 0 Å². The molecule has 0 radical (unpaired) electrons. The average Bonchev–Trinajstić information content (AvgIpc) is 2.73. The number of hydrogen-bond donors (Lipinski definition) is 2. The van der Waals surface area contributed by atoms with Gasteiger partial charge >= 0.3 is 0 Å². The molecule has 148 valence electrons. The van der Waals surface area contributed by atoms with Crippen molar-refractivity contribution in [1.29, 1.82) is 0 Å². The largest absolute Gasteiger partial charge is 0.492 e. The lowest BCUT2D eigenvalue weighted by Crippen LogP contribution is -2.39. The zero-order valence-electron chi connectivity index (χ0n) is 16.2. The zero-order chi connectivity index (χ0) is 19.9. The van der Waals surface area contributed by atoms with Crippen LogP contribution in [0.1, 0.15) is 6.92 Å². The summed E-state index contributed by atoms with van der Waals surface area (Å²) in [6.45, 7) is 2.94. The van der Waals surface area contributed by atoms with E-state index in [1.54, 1.807) is 13.1 Å². The van der Waals surface area contributed by atoms with Crippen molar-refractivity contribution in [3.8, 4) is 11.6 Å². The van der Waals surface area contributed by atoms with Gasteiger partial charge in [-0.15, -0.1) is 0 Å². The number of aliphatic hydroxyl groups excluding tert-OH is 1. The highest BCUT2D eigenvalue weighted by molar-refractivity contribution is 5.82. The van der Waals surface area contributed by atoms with Crippen LogP contribution in [0.2, 0.25) is 0 Å². The van der Waals surface area contributed by atoms with Crippen molar-refractivity contribution in [1.82, 2.24) is 9.88 Å². The summed E-state index contributed by atoms with van der Waals surface area (Å²) in [5.74, 6) is 1.25. The Labute approximate surface area is 164 Å². The molecule has 0 aliphatic heterocycles. The minimum Gasteiger partial charge on any atom is -0.492 e. The molecule has 6 nitrogen and oxygen atoms in total. The highest BCUT2D eigenvalue weighted by Crippen LogP contribution is 2.16. The van der Waals surface area contributed by atoms with Gasteiger partial charge in [0.2, 0.25) is 0 Å². The lowest BCUT2D eigenvalue weighted by atomic mass is 10.2. The molecule has 1 heterocycles. The van der Waals surface area contributed by atoms with Gasteiger partial charge in [0.15, 0.2) is 5.88 Å². The number of rotatable bonds is 9. The Morgan fingerprint density at radius 1 is 1.04 bits per heavy atom. The first-order valence-corrected chi connectivity index (χ1v) is 9.35. The summed E-state index contributed by atoms with van der Waals surface area (Å²) in [5, 5.41) is 14.9. The third-order valence-electron chi connectivity index (χ3n) is 4.47. The number of nitrogens with one attached hydrogen (secondary N) is 1. The number of pyridine rings is 1. The molecule has 6 heteroatoms. The number of aromatic nitrogens is 1. The van der Waals surface area contributed by atoms with Gasteiger partial charge in [-0.25, -0.2) is 0 Å². The fraction of sp³-hybridized carbons (Fsp3) is 0.318. The first kappa shape index (κ1) is 19.9. The van der Waals surface area contributed by atoms with E-state index in [1.807, 2.05) is 61.5 Å². The van der Waals surface area contributed by atoms with Gasteiger partial charge in [-0.1, -0.05) is 36.4 Å². The van der Waals surface area contributed by atoms with E-state index < -0.39 is 6.10 Å². The van der Waals surface area contributed by atoms with E-state index in [2.05, 4.69) is 5.32 Å². The Balaban J connectivity index is 1.48. The van der Waals surface area contributed by atoms with Crippen molar-refractivity contribution in [3.05, 3.63) is 71.0 Å². The SMILES string of the molecule is CC(COc1ccccc1)NCC(O)COc1cc2ccccc2c(=O)n1C. The monoisotopic (exact) mass is 382 g/mol. The van der Waals surface area contributed by atoms with Gasteiger partial charge in [-0.05, 0) is 30.5 Å². The standard InChI is InChI=1S/C22H26N2O4/c1-16(14-27-19-9-4-3-5-10-19)23-13-18(25)15-28-21-12-17-8-6-7-11-20(17)22(26)24(21)2/h3-12,16,18,23,25H,13-15H2,1-2H3. The van der Waals surface area contributed by atoms with Gasteiger partial charge in [-0.3, -0.25) is 9.36 Å². The van der Waals surface area contributed by atoms with Gasteiger partial charge in [-0.2, -0.15) is 0 Å². The van der Waals surface area contributed by atoms with Crippen LogP contribution in [-0.2, 0) is 7.05 Å². The number of aliphatic hydroxyl groups is 1. The number of fused-ring (bicyclic) bond motifs is 1. The molecule has 0 aliphatic rings. The summed E-state index contributed by atoms with van der Waals surface area (Å²) < 4.78 is 12.8. The van der Waals surface area contributed by atoms with Crippen molar-refractivity contribution in [3.63, 3.8) is 0 Å². The Bertz CT molecular complexity index is 956. The van der Waals surface area contributed by atoms with Crippen molar-refractivity contribution in [2.45, 2.75) is 19.1 Å². The second kappa shape index (κ2) is 9.39.